The van der Waals surface area contributed by atoms with Crippen LogP contribution in [0, 0.1) is 12.8 Å². The molecule has 2 aliphatic rings. The standard InChI is InChI=1S/C15H19N3O4/c1-7-9-4-5-18(14(9)17-6-16-7)15-12(21)11(20)13(22-15)10(19)8-2-3-8/h4-6,8,10-13,15,19-21H,2-3H2,1H3. The second-order valence-electron chi connectivity index (χ2n) is 6.22. The second kappa shape index (κ2) is 4.99. The predicted octanol–water partition coefficient (Wildman–Crippen LogP) is 0.130. The summed E-state index contributed by atoms with van der Waals surface area (Å²) in [4.78, 5) is 8.38. The van der Waals surface area contributed by atoms with Gasteiger partial charge < -0.3 is 24.6 Å². The minimum atomic E-state index is -1.11. The van der Waals surface area contributed by atoms with Gasteiger partial charge >= 0.3 is 0 Å². The molecule has 5 unspecified atom stereocenters. The molecule has 4 rings (SSSR count). The number of aliphatic hydroxyl groups is 3. The summed E-state index contributed by atoms with van der Waals surface area (Å²) in [5.74, 6) is 0.163. The molecule has 1 saturated heterocycles. The Hall–Kier alpha value is -1.54. The highest BCUT2D eigenvalue weighted by Crippen LogP contribution is 2.41. The number of hydrogen-bond acceptors (Lipinski definition) is 6. The minimum absolute atomic E-state index is 0.163. The van der Waals surface area contributed by atoms with E-state index in [2.05, 4.69) is 9.97 Å². The molecule has 0 aromatic carbocycles. The van der Waals surface area contributed by atoms with Crippen molar-refractivity contribution in [2.45, 2.75) is 50.4 Å². The van der Waals surface area contributed by atoms with Crippen LogP contribution < -0.4 is 0 Å². The third kappa shape index (κ3) is 2.04. The number of aryl methyl sites for hydroxylation is 1. The van der Waals surface area contributed by atoms with Gasteiger partial charge in [-0.15, -0.1) is 0 Å². The largest absolute Gasteiger partial charge is 0.390 e. The third-order valence-electron chi connectivity index (χ3n) is 4.70. The molecule has 1 aliphatic carbocycles. The zero-order valence-corrected chi connectivity index (χ0v) is 12.2. The van der Waals surface area contributed by atoms with Crippen molar-refractivity contribution in [1.29, 1.82) is 0 Å². The van der Waals surface area contributed by atoms with Crippen molar-refractivity contribution >= 4 is 11.0 Å². The highest BCUT2D eigenvalue weighted by atomic mass is 16.6. The van der Waals surface area contributed by atoms with E-state index in [0.29, 0.717) is 5.65 Å². The van der Waals surface area contributed by atoms with Crippen LogP contribution in [0.1, 0.15) is 24.8 Å². The first kappa shape index (κ1) is 14.1. The number of nitrogens with zero attached hydrogens (tertiary/aromatic N) is 3. The summed E-state index contributed by atoms with van der Waals surface area (Å²) in [6, 6.07) is 1.86. The van der Waals surface area contributed by atoms with Gasteiger partial charge in [0, 0.05) is 11.6 Å². The summed E-state index contributed by atoms with van der Waals surface area (Å²) in [5.41, 5.74) is 1.48. The molecule has 3 heterocycles. The molecule has 1 aliphatic heterocycles. The van der Waals surface area contributed by atoms with E-state index in [1.807, 2.05) is 13.0 Å². The summed E-state index contributed by atoms with van der Waals surface area (Å²) < 4.78 is 7.49. The van der Waals surface area contributed by atoms with Crippen LogP contribution in [0.2, 0.25) is 0 Å². The number of aromatic nitrogens is 3. The van der Waals surface area contributed by atoms with Crippen LogP contribution in [-0.2, 0) is 4.74 Å². The summed E-state index contributed by atoms with van der Waals surface area (Å²) in [6.07, 6.45) is 0.605. The Morgan fingerprint density at radius 3 is 2.77 bits per heavy atom. The van der Waals surface area contributed by atoms with E-state index in [9.17, 15) is 15.3 Å². The number of rotatable bonds is 3. The van der Waals surface area contributed by atoms with Crippen LogP contribution in [-0.4, -0.2) is 54.3 Å². The van der Waals surface area contributed by atoms with Crippen molar-refractivity contribution in [1.82, 2.24) is 14.5 Å². The molecule has 0 amide bonds. The van der Waals surface area contributed by atoms with E-state index in [1.165, 1.54) is 6.33 Å². The Kier molecular flexibility index (Phi) is 3.19. The third-order valence-corrected chi connectivity index (χ3v) is 4.70. The van der Waals surface area contributed by atoms with E-state index < -0.39 is 30.6 Å². The molecule has 7 heteroatoms. The molecular formula is C15H19N3O4. The van der Waals surface area contributed by atoms with Crippen molar-refractivity contribution < 1.29 is 20.1 Å². The lowest BCUT2D eigenvalue weighted by Gasteiger charge is -2.20. The molecule has 118 valence electrons. The molecule has 2 aromatic rings. The van der Waals surface area contributed by atoms with Crippen molar-refractivity contribution in [3.8, 4) is 0 Å². The van der Waals surface area contributed by atoms with E-state index in [4.69, 9.17) is 4.74 Å². The van der Waals surface area contributed by atoms with Crippen LogP contribution in [0.25, 0.3) is 11.0 Å². The Balaban J connectivity index is 1.68. The van der Waals surface area contributed by atoms with Crippen molar-refractivity contribution in [2.24, 2.45) is 5.92 Å². The molecule has 7 nitrogen and oxygen atoms in total. The Morgan fingerprint density at radius 1 is 1.27 bits per heavy atom. The molecule has 0 spiro atoms. The van der Waals surface area contributed by atoms with E-state index in [1.54, 1.807) is 10.8 Å². The number of aliphatic hydroxyl groups excluding tert-OH is 3. The predicted molar refractivity (Wildman–Crippen MR) is 76.9 cm³/mol. The maximum Gasteiger partial charge on any atom is 0.164 e. The van der Waals surface area contributed by atoms with Gasteiger partial charge in [0.25, 0.3) is 0 Å². The van der Waals surface area contributed by atoms with Gasteiger partial charge in [-0.1, -0.05) is 0 Å². The average molecular weight is 305 g/mol. The average Bonchev–Trinajstić information content (AvgIpc) is 3.21. The first-order valence-corrected chi connectivity index (χ1v) is 7.55. The quantitative estimate of drug-likeness (QED) is 0.745. The molecule has 2 fully saturated rings. The zero-order chi connectivity index (χ0) is 15.4. The Morgan fingerprint density at radius 2 is 2.05 bits per heavy atom. The lowest BCUT2D eigenvalue weighted by atomic mass is 10.0. The van der Waals surface area contributed by atoms with Gasteiger partial charge in [0.1, 0.15) is 30.3 Å². The van der Waals surface area contributed by atoms with Crippen LogP contribution >= 0.6 is 0 Å². The van der Waals surface area contributed by atoms with Crippen LogP contribution in [0.3, 0.4) is 0 Å². The second-order valence-corrected chi connectivity index (χ2v) is 6.22. The van der Waals surface area contributed by atoms with Crippen LogP contribution in [0.4, 0.5) is 0 Å². The molecule has 5 atom stereocenters. The lowest BCUT2D eigenvalue weighted by molar-refractivity contribution is -0.0895. The topological polar surface area (TPSA) is 101 Å². The summed E-state index contributed by atoms with van der Waals surface area (Å²) in [7, 11) is 0. The maximum absolute atomic E-state index is 10.3. The number of ether oxygens (including phenoxy) is 1. The minimum Gasteiger partial charge on any atom is -0.390 e. The van der Waals surface area contributed by atoms with E-state index in [-0.39, 0.29) is 5.92 Å². The Bertz CT molecular complexity index is 699. The van der Waals surface area contributed by atoms with Crippen molar-refractivity contribution in [3.63, 3.8) is 0 Å². The van der Waals surface area contributed by atoms with Gasteiger partial charge in [-0.05, 0) is 31.7 Å². The van der Waals surface area contributed by atoms with E-state index >= 15 is 0 Å². The zero-order valence-electron chi connectivity index (χ0n) is 12.2. The molecule has 3 N–H and O–H groups in total. The fraction of sp³-hybridized carbons (Fsp3) is 0.600. The Labute approximate surface area is 127 Å². The smallest absolute Gasteiger partial charge is 0.164 e. The van der Waals surface area contributed by atoms with Crippen molar-refractivity contribution in [2.75, 3.05) is 0 Å². The van der Waals surface area contributed by atoms with Gasteiger partial charge in [-0.25, -0.2) is 9.97 Å². The highest BCUT2D eigenvalue weighted by Gasteiger charge is 2.50. The van der Waals surface area contributed by atoms with Crippen LogP contribution in [0.15, 0.2) is 18.6 Å². The normalized spacial score (nSPS) is 33.5. The summed E-state index contributed by atoms with van der Waals surface area (Å²) >= 11 is 0. The van der Waals surface area contributed by atoms with Gasteiger partial charge in [0.15, 0.2) is 6.23 Å². The maximum atomic E-state index is 10.3. The fourth-order valence-electron chi connectivity index (χ4n) is 3.21. The first-order valence-electron chi connectivity index (χ1n) is 7.55. The van der Waals surface area contributed by atoms with Crippen molar-refractivity contribution in [3.05, 3.63) is 24.3 Å². The SMILES string of the molecule is Cc1ncnc2c1ccn2C1OC(C(O)C2CC2)C(O)C1O. The molecule has 0 bridgehead atoms. The van der Waals surface area contributed by atoms with Gasteiger partial charge in [0.05, 0.1) is 11.8 Å². The van der Waals surface area contributed by atoms with Gasteiger partial charge in [-0.3, -0.25) is 0 Å². The summed E-state index contributed by atoms with van der Waals surface area (Å²) in [6.45, 7) is 1.88. The van der Waals surface area contributed by atoms with Gasteiger partial charge in [0.2, 0.25) is 0 Å². The summed E-state index contributed by atoms with van der Waals surface area (Å²) in [5, 5.41) is 31.6. The number of fused-ring (bicyclic) bond motifs is 1. The molecule has 2 aromatic heterocycles. The molecular weight excluding hydrogens is 286 g/mol. The van der Waals surface area contributed by atoms with Gasteiger partial charge in [-0.2, -0.15) is 0 Å². The first-order chi connectivity index (χ1) is 10.6. The monoisotopic (exact) mass is 305 g/mol. The lowest BCUT2D eigenvalue weighted by Crippen LogP contribution is -2.39. The van der Waals surface area contributed by atoms with E-state index in [0.717, 1.165) is 23.9 Å². The fourth-order valence-corrected chi connectivity index (χ4v) is 3.21. The molecule has 22 heavy (non-hydrogen) atoms. The number of hydrogen-bond donors (Lipinski definition) is 3. The molecule has 1 saturated carbocycles. The highest BCUT2D eigenvalue weighted by molar-refractivity contribution is 5.78. The van der Waals surface area contributed by atoms with Crippen LogP contribution in [0.5, 0.6) is 0 Å². The molecule has 0 radical (unpaired) electrons.